The lowest BCUT2D eigenvalue weighted by molar-refractivity contribution is -0.388. The van der Waals surface area contributed by atoms with Crippen LogP contribution in [0.4, 0.5) is 5.69 Å². The molecule has 0 spiro atoms. The van der Waals surface area contributed by atoms with E-state index in [0.717, 1.165) is 17.3 Å². The largest absolute Gasteiger partial charge is 0.351 e. The minimum Gasteiger partial charge on any atom is -0.351 e. The predicted octanol–water partition coefficient (Wildman–Crippen LogP) is 1.43. The van der Waals surface area contributed by atoms with Gasteiger partial charge in [-0.1, -0.05) is 17.8 Å². The van der Waals surface area contributed by atoms with Crippen LogP contribution in [0.1, 0.15) is 11.3 Å². The van der Waals surface area contributed by atoms with Gasteiger partial charge in [-0.15, -0.1) is 0 Å². The smallest absolute Gasteiger partial charge is 0.323 e. The SMILES string of the molecule is Cc1[nH]nc(SCC(=O)NCc2cccnc2)c1[N+](=O)[O-]. The number of hydrogen-bond donors (Lipinski definition) is 2. The molecule has 0 atom stereocenters. The van der Waals surface area contributed by atoms with E-state index in [2.05, 4.69) is 20.5 Å². The van der Waals surface area contributed by atoms with Gasteiger partial charge in [-0.05, 0) is 18.6 Å². The molecule has 2 aromatic rings. The van der Waals surface area contributed by atoms with E-state index in [9.17, 15) is 14.9 Å². The number of rotatable bonds is 6. The van der Waals surface area contributed by atoms with E-state index in [1.54, 1.807) is 25.4 Å². The molecule has 0 radical (unpaired) electrons. The van der Waals surface area contributed by atoms with Gasteiger partial charge in [0.25, 0.3) is 0 Å². The van der Waals surface area contributed by atoms with E-state index in [1.165, 1.54) is 0 Å². The standard InChI is InChI=1S/C12H13N5O3S/c1-8-11(17(19)20)12(16-15-8)21-7-10(18)14-6-9-3-2-4-13-5-9/h2-5H,6-7H2,1H3,(H,14,18)(H,15,16). The van der Waals surface area contributed by atoms with Crippen molar-refractivity contribution in [1.82, 2.24) is 20.5 Å². The number of nitrogens with zero attached hydrogens (tertiary/aromatic N) is 3. The first-order valence-corrected chi connectivity index (χ1v) is 7.04. The van der Waals surface area contributed by atoms with Crippen molar-refractivity contribution in [2.75, 3.05) is 5.75 Å². The molecule has 2 rings (SSSR count). The summed E-state index contributed by atoms with van der Waals surface area (Å²) in [6.45, 7) is 1.94. The Balaban J connectivity index is 1.86. The summed E-state index contributed by atoms with van der Waals surface area (Å²) in [7, 11) is 0. The van der Waals surface area contributed by atoms with Crippen LogP contribution in [0, 0.1) is 17.0 Å². The van der Waals surface area contributed by atoms with Crippen LogP contribution in [0.2, 0.25) is 0 Å². The Morgan fingerprint density at radius 2 is 2.38 bits per heavy atom. The van der Waals surface area contributed by atoms with E-state index in [4.69, 9.17) is 0 Å². The third kappa shape index (κ3) is 4.02. The number of aromatic nitrogens is 3. The van der Waals surface area contributed by atoms with Gasteiger partial charge < -0.3 is 5.32 Å². The summed E-state index contributed by atoms with van der Waals surface area (Å²) in [5.41, 5.74) is 1.18. The first kappa shape index (κ1) is 15.0. The van der Waals surface area contributed by atoms with Crippen LogP contribution in [0.15, 0.2) is 29.6 Å². The Morgan fingerprint density at radius 3 is 3.05 bits per heavy atom. The van der Waals surface area contributed by atoms with Crippen LogP contribution in [0.5, 0.6) is 0 Å². The van der Waals surface area contributed by atoms with E-state index in [1.807, 2.05) is 6.07 Å². The van der Waals surface area contributed by atoms with Crippen molar-refractivity contribution >= 4 is 23.4 Å². The van der Waals surface area contributed by atoms with Crippen LogP contribution in [-0.4, -0.2) is 31.8 Å². The maximum atomic E-state index is 11.7. The Hall–Kier alpha value is -2.42. The zero-order valence-corrected chi connectivity index (χ0v) is 12.0. The van der Waals surface area contributed by atoms with Crippen LogP contribution in [0.3, 0.4) is 0 Å². The van der Waals surface area contributed by atoms with Gasteiger partial charge in [0.05, 0.1) is 10.7 Å². The molecule has 0 bridgehead atoms. The van der Waals surface area contributed by atoms with E-state index < -0.39 is 4.92 Å². The summed E-state index contributed by atoms with van der Waals surface area (Å²) >= 11 is 1.03. The highest BCUT2D eigenvalue weighted by Crippen LogP contribution is 2.29. The Kier molecular flexibility index (Phi) is 4.88. The maximum absolute atomic E-state index is 11.7. The second-order valence-electron chi connectivity index (χ2n) is 4.19. The summed E-state index contributed by atoms with van der Waals surface area (Å²) in [6.07, 6.45) is 3.32. The lowest BCUT2D eigenvalue weighted by Crippen LogP contribution is -2.24. The number of H-pyrrole nitrogens is 1. The molecule has 0 fully saturated rings. The number of hydrogen-bond acceptors (Lipinski definition) is 6. The van der Waals surface area contributed by atoms with Gasteiger partial charge in [-0.3, -0.25) is 25.0 Å². The normalized spacial score (nSPS) is 10.3. The van der Waals surface area contributed by atoms with Gasteiger partial charge in [0, 0.05) is 18.9 Å². The van der Waals surface area contributed by atoms with Crippen LogP contribution < -0.4 is 5.32 Å². The molecule has 2 aromatic heterocycles. The summed E-state index contributed by atoms with van der Waals surface area (Å²) in [4.78, 5) is 26.0. The average molecular weight is 307 g/mol. The van der Waals surface area contributed by atoms with Crippen LogP contribution >= 0.6 is 11.8 Å². The summed E-state index contributed by atoms with van der Waals surface area (Å²) in [5, 5.41) is 20.2. The van der Waals surface area contributed by atoms with Crippen molar-refractivity contribution in [3.8, 4) is 0 Å². The molecule has 0 saturated heterocycles. The fourth-order valence-corrected chi connectivity index (χ4v) is 2.45. The molecule has 0 unspecified atom stereocenters. The Morgan fingerprint density at radius 1 is 1.57 bits per heavy atom. The molecular weight excluding hydrogens is 294 g/mol. The molecular formula is C12H13N5O3S. The zero-order chi connectivity index (χ0) is 15.2. The summed E-state index contributed by atoms with van der Waals surface area (Å²) in [5.74, 6) is -0.162. The molecule has 110 valence electrons. The molecule has 2 N–H and O–H groups in total. The number of aromatic amines is 1. The predicted molar refractivity (Wildman–Crippen MR) is 76.8 cm³/mol. The van der Waals surface area contributed by atoms with Crippen LogP contribution in [0.25, 0.3) is 0 Å². The molecule has 0 aliphatic heterocycles. The van der Waals surface area contributed by atoms with Gasteiger partial charge in [0.2, 0.25) is 5.91 Å². The second-order valence-corrected chi connectivity index (χ2v) is 5.15. The quantitative estimate of drug-likeness (QED) is 0.474. The van der Waals surface area contributed by atoms with Crippen molar-refractivity contribution in [1.29, 1.82) is 0 Å². The fraction of sp³-hybridized carbons (Fsp3) is 0.250. The third-order valence-corrected chi connectivity index (χ3v) is 3.58. The molecule has 1 amide bonds. The Labute approximate surface area is 124 Å². The monoisotopic (exact) mass is 307 g/mol. The van der Waals surface area contributed by atoms with Crippen molar-refractivity contribution in [3.05, 3.63) is 45.9 Å². The maximum Gasteiger partial charge on any atom is 0.323 e. The number of carbonyl (C=O) groups excluding carboxylic acids is 1. The highest BCUT2D eigenvalue weighted by atomic mass is 32.2. The number of nitrogens with one attached hydrogen (secondary N) is 2. The lowest BCUT2D eigenvalue weighted by atomic mass is 10.3. The molecule has 8 nitrogen and oxygen atoms in total. The minimum absolute atomic E-state index is 0.0609. The van der Waals surface area contributed by atoms with E-state index >= 15 is 0 Å². The number of carbonyl (C=O) groups is 1. The van der Waals surface area contributed by atoms with Gasteiger partial charge >= 0.3 is 5.69 Å². The first-order chi connectivity index (χ1) is 10.1. The second kappa shape index (κ2) is 6.84. The molecule has 21 heavy (non-hydrogen) atoms. The molecule has 0 aliphatic carbocycles. The van der Waals surface area contributed by atoms with E-state index in [-0.39, 0.29) is 22.4 Å². The van der Waals surface area contributed by atoms with Gasteiger partial charge in [0.15, 0.2) is 5.03 Å². The lowest BCUT2D eigenvalue weighted by Gasteiger charge is -2.03. The van der Waals surface area contributed by atoms with Crippen molar-refractivity contribution in [3.63, 3.8) is 0 Å². The number of aryl methyl sites for hydroxylation is 1. The molecule has 0 aromatic carbocycles. The fourth-order valence-electron chi connectivity index (χ4n) is 1.60. The number of amides is 1. The summed E-state index contributed by atoms with van der Waals surface area (Å²) < 4.78 is 0. The van der Waals surface area contributed by atoms with Gasteiger partial charge in [0.1, 0.15) is 5.69 Å². The Bertz CT molecular complexity index is 644. The topological polar surface area (TPSA) is 114 Å². The number of nitro groups is 1. The molecule has 9 heteroatoms. The highest BCUT2D eigenvalue weighted by Gasteiger charge is 2.22. The summed E-state index contributed by atoms with van der Waals surface area (Å²) in [6, 6.07) is 3.63. The number of thioether (sulfide) groups is 1. The van der Waals surface area contributed by atoms with Gasteiger partial charge in [-0.25, -0.2) is 0 Å². The first-order valence-electron chi connectivity index (χ1n) is 6.05. The van der Waals surface area contributed by atoms with E-state index in [0.29, 0.717) is 12.2 Å². The third-order valence-electron chi connectivity index (χ3n) is 2.62. The number of pyridine rings is 1. The van der Waals surface area contributed by atoms with Crippen molar-refractivity contribution in [2.45, 2.75) is 18.5 Å². The molecule has 2 heterocycles. The molecule has 0 aliphatic rings. The molecule has 0 saturated carbocycles. The van der Waals surface area contributed by atoms with Gasteiger partial charge in [-0.2, -0.15) is 5.10 Å². The minimum atomic E-state index is -0.505. The van der Waals surface area contributed by atoms with Crippen LogP contribution in [-0.2, 0) is 11.3 Å². The highest BCUT2D eigenvalue weighted by molar-refractivity contribution is 8.00. The van der Waals surface area contributed by atoms with Crippen molar-refractivity contribution in [2.24, 2.45) is 0 Å². The average Bonchev–Trinajstić information content (AvgIpc) is 2.85. The van der Waals surface area contributed by atoms with Crippen molar-refractivity contribution < 1.29 is 9.72 Å². The zero-order valence-electron chi connectivity index (χ0n) is 11.2.